The van der Waals surface area contributed by atoms with Crippen molar-refractivity contribution in [2.45, 2.75) is 27.2 Å². The second kappa shape index (κ2) is 5.76. The van der Waals surface area contributed by atoms with E-state index in [4.69, 9.17) is 22.1 Å². The summed E-state index contributed by atoms with van der Waals surface area (Å²) >= 11 is 6.35. The van der Waals surface area contributed by atoms with Crippen LogP contribution in [0, 0.1) is 11.3 Å². The van der Waals surface area contributed by atoms with Crippen LogP contribution < -0.4 is 10.6 Å². The lowest BCUT2D eigenvalue weighted by Gasteiger charge is -2.28. The minimum Gasteiger partial charge on any atom is -0.465 e. The van der Waals surface area contributed by atoms with Gasteiger partial charge in [-0.05, 0) is 29.9 Å². The fourth-order valence-electron chi connectivity index (χ4n) is 2.88. The Morgan fingerprint density at radius 1 is 1.43 bits per heavy atom. The Kier molecular flexibility index (Phi) is 4.38. The van der Waals surface area contributed by atoms with Gasteiger partial charge in [0.05, 0.1) is 23.4 Å². The fourth-order valence-corrected chi connectivity index (χ4v) is 3.22. The zero-order chi connectivity index (χ0) is 15.8. The zero-order valence-corrected chi connectivity index (χ0v) is 13.8. The zero-order valence-electron chi connectivity index (χ0n) is 13.1. The molecule has 1 saturated heterocycles. The Morgan fingerprint density at radius 3 is 2.62 bits per heavy atom. The second-order valence-corrected chi connectivity index (χ2v) is 7.10. The number of rotatable bonds is 2. The van der Waals surface area contributed by atoms with Crippen molar-refractivity contribution >= 4 is 28.9 Å². The number of ether oxygens (including phenoxy) is 1. The summed E-state index contributed by atoms with van der Waals surface area (Å²) in [5, 5.41) is 0.505. The third-order valence-corrected chi connectivity index (χ3v) is 4.51. The molecule has 1 aromatic rings. The van der Waals surface area contributed by atoms with Crippen LogP contribution in [-0.4, -0.2) is 26.2 Å². The van der Waals surface area contributed by atoms with Crippen molar-refractivity contribution in [2.24, 2.45) is 11.3 Å². The van der Waals surface area contributed by atoms with E-state index in [1.165, 1.54) is 7.11 Å². The van der Waals surface area contributed by atoms with Gasteiger partial charge in [0.1, 0.15) is 0 Å². The van der Waals surface area contributed by atoms with Gasteiger partial charge in [-0.15, -0.1) is 0 Å². The van der Waals surface area contributed by atoms with Crippen LogP contribution in [-0.2, 0) is 4.74 Å². The van der Waals surface area contributed by atoms with E-state index < -0.39 is 5.97 Å². The number of halogens is 1. The van der Waals surface area contributed by atoms with E-state index in [-0.39, 0.29) is 5.41 Å². The molecule has 1 aromatic carbocycles. The first-order valence-corrected chi connectivity index (χ1v) is 7.54. The quantitative estimate of drug-likeness (QED) is 0.670. The molecule has 2 rings (SSSR count). The molecule has 0 amide bonds. The Bertz CT molecular complexity index is 552. The Balaban J connectivity index is 2.38. The molecular formula is C16H23ClN2O2. The number of benzene rings is 1. The minimum absolute atomic E-state index is 0.237. The Hall–Kier alpha value is -1.42. The lowest BCUT2D eigenvalue weighted by Crippen LogP contribution is -2.27. The largest absolute Gasteiger partial charge is 0.465 e. The highest BCUT2D eigenvalue weighted by molar-refractivity contribution is 6.34. The van der Waals surface area contributed by atoms with Gasteiger partial charge in [0.25, 0.3) is 0 Å². The van der Waals surface area contributed by atoms with Crippen molar-refractivity contribution in [3.63, 3.8) is 0 Å². The number of carbonyl (C=O) groups excluding carboxylic acids is 1. The standard InChI is InChI=1S/C16H23ClN2O2/c1-16(2,3)10-5-6-19(9-10)14-12(15(20)21-4)7-11(18)8-13(14)17/h7-8,10H,5-6,9,18H2,1-4H3. The van der Waals surface area contributed by atoms with E-state index >= 15 is 0 Å². The third-order valence-electron chi connectivity index (χ3n) is 4.22. The summed E-state index contributed by atoms with van der Waals surface area (Å²) in [6, 6.07) is 3.32. The molecule has 2 N–H and O–H groups in total. The molecule has 0 spiro atoms. The van der Waals surface area contributed by atoms with Gasteiger partial charge in [-0.2, -0.15) is 0 Å². The number of carbonyl (C=O) groups is 1. The summed E-state index contributed by atoms with van der Waals surface area (Å²) < 4.78 is 4.86. The number of nitrogen functional groups attached to an aromatic ring is 1. The first kappa shape index (κ1) is 16.0. The normalized spacial score (nSPS) is 18.9. The molecule has 116 valence electrons. The van der Waals surface area contributed by atoms with Gasteiger partial charge in [-0.3, -0.25) is 0 Å². The first-order valence-electron chi connectivity index (χ1n) is 7.16. The summed E-state index contributed by atoms with van der Waals surface area (Å²) in [7, 11) is 1.37. The van der Waals surface area contributed by atoms with Crippen LogP contribution in [0.25, 0.3) is 0 Å². The van der Waals surface area contributed by atoms with E-state index in [2.05, 4.69) is 25.7 Å². The van der Waals surface area contributed by atoms with Crippen molar-refractivity contribution in [3.8, 4) is 0 Å². The Labute approximate surface area is 131 Å². The summed E-state index contributed by atoms with van der Waals surface area (Å²) in [5.74, 6) is 0.162. The predicted molar refractivity (Wildman–Crippen MR) is 87.0 cm³/mol. The molecule has 0 saturated carbocycles. The number of nitrogens with two attached hydrogens (primary N) is 1. The lowest BCUT2D eigenvalue weighted by atomic mass is 9.80. The van der Waals surface area contributed by atoms with E-state index in [0.717, 1.165) is 25.2 Å². The number of anilines is 2. The highest BCUT2D eigenvalue weighted by Crippen LogP contribution is 2.40. The number of methoxy groups -OCH3 is 1. The molecular weight excluding hydrogens is 288 g/mol. The molecule has 1 heterocycles. The molecule has 0 bridgehead atoms. The maximum Gasteiger partial charge on any atom is 0.340 e. The van der Waals surface area contributed by atoms with Crippen LogP contribution in [0.2, 0.25) is 5.02 Å². The lowest BCUT2D eigenvalue weighted by molar-refractivity contribution is 0.0601. The molecule has 21 heavy (non-hydrogen) atoms. The smallest absolute Gasteiger partial charge is 0.340 e. The number of esters is 1. The molecule has 0 radical (unpaired) electrons. The molecule has 5 heteroatoms. The van der Waals surface area contributed by atoms with Crippen LogP contribution in [0.5, 0.6) is 0 Å². The van der Waals surface area contributed by atoms with Crippen LogP contribution in [0.4, 0.5) is 11.4 Å². The second-order valence-electron chi connectivity index (χ2n) is 6.69. The van der Waals surface area contributed by atoms with Gasteiger partial charge >= 0.3 is 5.97 Å². The van der Waals surface area contributed by atoms with Gasteiger partial charge in [0, 0.05) is 18.8 Å². The summed E-state index contributed by atoms with van der Waals surface area (Å²) in [6.45, 7) is 8.50. The van der Waals surface area contributed by atoms with Gasteiger partial charge in [-0.25, -0.2) is 4.79 Å². The van der Waals surface area contributed by atoms with Crippen molar-refractivity contribution < 1.29 is 9.53 Å². The first-order chi connectivity index (χ1) is 9.74. The molecule has 0 aromatic heterocycles. The highest BCUT2D eigenvalue weighted by Gasteiger charge is 2.34. The van der Waals surface area contributed by atoms with E-state index in [1.807, 2.05) is 0 Å². The Morgan fingerprint density at radius 2 is 2.10 bits per heavy atom. The van der Waals surface area contributed by atoms with Crippen molar-refractivity contribution in [2.75, 3.05) is 30.8 Å². The van der Waals surface area contributed by atoms with Crippen LogP contribution in [0.3, 0.4) is 0 Å². The van der Waals surface area contributed by atoms with Gasteiger partial charge < -0.3 is 15.4 Å². The molecule has 1 aliphatic rings. The molecule has 4 nitrogen and oxygen atoms in total. The van der Waals surface area contributed by atoms with E-state index in [0.29, 0.717) is 22.2 Å². The highest BCUT2D eigenvalue weighted by atomic mass is 35.5. The predicted octanol–water partition coefficient (Wildman–Crippen LogP) is 3.58. The van der Waals surface area contributed by atoms with E-state index in [1.54, 1.807) is 12.1 Å². The van der Waals surface area contributed by atoms with Crippen molar-refractivity contribution in [3.05, 3.63) is 22.7 Å². The topological polar surface area (TPSA) is 55.6 Å². The number of hydrogen-bond donors (Lipinski definition) is 1. The van der Waals surface area contributed by atoms with Gasteiger partial charge in [0.2, 0.25) is 0 Å². The minimum atomic E-state index is -0.404. The average molecular weight is 311 g/mol. The van der Waals surface area contributed by atoms with Gasteiger partial charge in [-0.1, -0.05) is 32.4 Å². The summed E-state index contributed by atoms with van der Waals surface area (Å²) in [6.07, 6.45) is 1.09. The average Bonchev–Trinajstić information content (AvgIpc) is 2.86. The third kappa shape index (κ3) is 3.26. The fraction of sp³-hybridized carbons (Fsp3) is 0.562. The molecule has 1 aliphatic heterocycles. The van der Waals surface area contributed by atoms with Crippen molar-refractivity contribution in [1.82, 2.24) is 0 Å². The van der Waals surface area contributed by atoms with Gasteiger partial charge in [0.15, 0.2) is 0 Å². The van der Waals surface area contributed by atoms with Crippen LogP contribution >= 0.6 is 11.6 Å². The molecule has 0 aliphatic carbocycles. The maximum absolute atomic E-state index is 12.0. The number of nitrogens with zero attached hydrogens (tertiary/aromatic N) is 1. The summed E-state index contributed by atoms with van der Waals surface area (Å²) in [5.41, 5.74) is 7.69. The monoisotopic (exact) mass is 310 g/mol. The van der Waals surface area contributed by atoms with Crippen molar-refractivity contribution in [1.29, 1.82) is 0 Å². The van der Waals surface area contributed by atoms with Crippen LogP contribution in [0.1, 0.15) is 37.6 Å². The van der Waals surface area contributed by atoms with Crippen LogP contribution in [0.15, 0.2) is 12.1 Å². The van der Waals surface area contributed by atoms with E-state index in [9.17, 15) is 4.79 Å². The molecule has 1 atom stereocenters. The molecule has 1 unspecified atom stereocenters. The molecule has 1 fully saturated rings. The summed E-state index contributed by atoms with van der Waals surface area (Å²) in [4.78, 5) is 14.2. The number of hydrogen-bond acceptors (Lipinski definition) is 4. The maximum atomic E-state index is 12.0. The SMILES string of the molecule is COC(=O)c1cc(N)cc(Cl)c1N1CCC(C(C)(C)C)C1.